The summed E-state index contributed by atoms with van der Waals surface area (Å²) in [4.78, 5) is 29.8. The largest absolute Gasteiger partial charge is 0.438 e. The molecule has 0 radical (unpaired) electrons. The second kappa shape index (κ2) is 5.83. The molecule has 2 amide bonds. The number of likely N-dealkylation sites (N-methyl/N-ethyl adjacent to an activating group) is 1. The van der Waals surface area contributed by atoms with E-state index in [1.807, 2.05) is 6.92 Å². The molecule has 0 spiro atoms. The molecule has 0 aliphatic carbocycles. The third-order valence-electron chi connectivity index (χ3n) is 3.10. The van der Waals surface area contributed by atoms with E-state index >= 15 is 0 Å². The molecule has 0 bridgehead atoms. The van der Waals surface area contributed by atoms with E-state index in [4.69, 9.17) is 4.42 Å². The zero-order valence-electron chi connectivity index (χ0n) is 11.1. The Morgan fingerprint density at radius 1 is 1.63 bits per heavy atom. The van der Waals surface area contributed by atoms with Crippen molar-refractivity contribution in [2.24, 2.45) is 0 Å². The zero-order valence-corrected chi connectivity index (χ0v) is 11.1. The fraction of sp³-hybridized carbons (Fsp3) is 0.583. The summed E-state index contributed by atoms with van der Waals surface area (Å²) in [6.07, 6.45) is 1.24. The molecule has 7 heteroatoms. The van der Waals surface area contributed by atoms with Gasteiger partial charge in [-0.3, -0.25) is 9.59 Å². The highest BCUT2D eigenvalue weighted by molar-refractivity contribution is 5.96. The van der Waals surface area contributed by atoms with Crippen LogP contribution in [0.15, 0.2) is 10.8 Å². The van der Waals surface area contributed by atoms with Crippen LogP contribution in [-0.4, -0.2) is 53.9 Å². The van der Waals surface area contributed by atoms with Gasteiger partial charge in [0.15, 0.2) is 6.39 Å². The van der Waals surface area contributed by atoms with E-state index in [0.717, 1.165) is 0 Å². The van der Waals surface area contributed by atoms with Crippen LogP contribution in [0.4, 0.5) is 0 Å². The highest BCUT2D eigenvalue weighted by atomic mass is 16.3. The third kappa shape index (κ3) is 2.76. The Labute approximate surface area is 111 Å². The Bertz CT molecular complexity index is 471. The quantitative estimate of drug-likeness (QED) is 0.772. The molecule has 1 unspecified atom stereocenters. The van der Waals surface area contributed by atoms with Gasteiger partial charge in [0.05, 0.1) is 5.69 Å². The number of nitrogens with one attached hydrogen (secondary N) is 2. The van der Waals surface area contributed by atoms with Gasteiger partial charge in [-0.25, -0.2) is 4.98 Å². The number of aromatic nitrogens is 1. The normalized spacial score (nSPS) is 19.3. The summed E-state index contributed by atoms with van der Waals surface area (Å²) in [5.41, 5.74) is 0.540. The number of nitrogens with zero attached hydrogens (tertiary/aromatic N) is 2. The molecule has 7 nitrogen and oxygen atoms in total. The molecule has 1 aromatic heterocycles. The predicted octanol–water partition coefficient (Wildman–Crippen LogP) is -0.467. The molecule has 1 saturated heterocycles. The van der Waals surface area contributed by atoms with Crippen LogP contribution in [0, 0.1) is 6.92 Å². The maximum absolute atomic E-state index is 12.4. The molecular formula is C12H18N4O3. The average Bonchev–Trinajstić information content (AvgIpc) is 2.84. The van der Waals surface area contributed by atoms with Crippen LogP contribution in [-0.2, 0) is 4.79 Å². The molecule has 1 atom stereocenters. The molecule has 2 N–H and O–H groups in total. The van der Waals surface area contributed by atoms with Gasteiger partial charge in [-0.05, 0) is 13.8 Å². The number of carbonyl (C=O) groups excluding carboxylic acids is 2. The van der Waals surface area contributed by atoms with Crippen LogP contribution >= 0.6 is 0 Å². The summed E-state index contributed by atoms with van der Waals surface area (Å²) in [6.45, 7) is 5.68. The van der Waals surface area contributed by atoms with E-state index in [9.17, 15) is 9.59 Å². The first-order valence-corrected chi connectivity index (χ1v) is 6.34. The summed E-state index contributed by atoms with van der Waals surface area (Å²) in [6, 6.07) is -0.509. The lowest BCUT2D eigenvalue weighted by Gasteiger charge is -2.34. The third-order valence-corrected chi connectivity index (χ3v) is 3.10. The summed E-state index contributed by atoms with van der Waals surface area (Å²) in [5, 5.41) is 5.86. The van der Waals surface area contributed by atoms with Crippen molar-refractivity contribution in [3.05, 3.63) is 17.8 Å². The Balaban J connectivity index is 2.18. The van der Waals surface area contributed by atoms with Crippen molar-refractivity contribution >= 4 is 11.8 Å². The molecule has 1 fully saturated rings. The van der Waals surface area contributed by atoms with Crippen LogP contribution in [0.25, 0.3) is 0 Å². The van der Waals surface area contributed by atoms with Gasteiger partial charge >= 0.3 is 0 Å². The van der Waals surface area contributed by atoms with Crippen LogP contribution in [0.5, 0.6) is 0 Å². The van der Waals surface area contributed by atoms with Crippen molar-refractivity contribution in [2.45, 2.75) is 19.9 Å². The lowest BCUT2D eigenvalue weighted by Crippen LogP contribution is -2.59. The number of piperazine rings is 1. The van der Waals surface area contributed by atoms with E-state index in [1.54, 1.807) is 6.92 Å². The van der Waals surface area contributed by atoms with Crippen molar-refractivity contribution in [2.75, 3.05) is 26.2 Å². The summed E-state index contributed by atoms with van der Waals surface area (Å²) < 4.78 is 5.11. The molecule has 19 heavy (non-hydrogen) atoms. The highest BCUT2D eigenvalue weighted by Crippen LogP contribution is 2.13. The first-order valence-electron chi connectivity index (χ1n) is 6.34. The first kappa shape index (κ1) is 13.5. The van der Waals surface area contributed by atoms with Gasteiger partial charge in [-0.15, -0.1) is 0 Å². The standard InChI is InChI=1S/C12H18N4O3/c1-3-14-11(17)9-6-13-4-5-16(9)12(18)10-8(2)15-7-19-10/h7,9,13H,3-6H2,1-2H3,(H,14,17). The molecule has 0 saturated carbocycles. The summed E-state index contributed by atoms with van der Waals surface area (Å²) in [7, 11) is 0. The van der Waals surface area contributed by atoms with Gasteiger partial charge in [-0.2, -0.15) is 0 Å². The van der Waals surface area contributed by atoms with Crippen LogP contribution in [0.1, 0.15) is 23.2 Å². The van der Waals surface area contributed by atoms with E-state index in [0.29, 0.717) is 31.9 Å². The number of hydrogen-bond donors (Lipinski definition) is 2. The summed E-state index contributed by atoms with van der Waals surface area (Å²) >= 11 is 0. The Morgan fingerprint density at radius 2 is 2.42 bits per heavy atom. The monoisotopic (exact) mass is 266 g/mol. The molecule has 2 heterocycles. The Hall–Kier alpha value is -1.89. The minimum absolute atomic E-state index is 0.153. The predicted molar refractivity (Wildman–Crippen MR) is 67.6 cm³/mol. The maximum Gasteiger partial charge on any atom is 0.292 e. The topological polar surface area (TPSA) is 87.5 Å². The van der Waals surface area contributed by atoms with E-state index < -0.39 is 6.04 Å². The second-order valence-corrected chi connectivity index (χ2v) is 4.38. The molecule has 1 aliphatic rings. The van der Waals surface area contributed by atoms with Gasteiger partial charge < -0.3 is 20.0 Å². The van der Waals surface area contributed by atoms with Gasteiger partial charge in [0, 0.05) is 26.2 Å². The highest BCUT2D eigenvalue weighted by Gasteiger charge is 2.34. The van der Waals surface area contributed by atoms with Gasteiger partial charge in [0.1, 0.15) is 6.04 Å². The SMILES string of the molecule is CCNC(=O)C1CNCCN1C(=O)c1ocnc1C. The Kier molecular flexibility index (Phi) is 4.16. The molecule has 0 aromatic carbocycles. The van der Waals surface area contributed by atoms with Crippen molar-refractivity contribution < 1.29 is 14.0 Å². The van der Waals surface area contributed by atoms with Gasteiger partial charge in [-0.1, -0.05) is 0 Å². The number of rotatable bonds is 3. The number of oxazole rings is 1. The minimum Gasteiger partial charge on any atom is -0.438 e. The maximum atomic E-state index is 12.4. The lowest BCUT2D eigenvalue weighted by atomic mass is 10.1. The number of carbonyl (C=O) groups is 2. The minimum atomic E-state index is -0.509. The molecule has 2 rings (SSSR count). The first-order chi connectivity index (χ1) is 9.15. The Morgan fingerprint density at radius 3 is 3.05 bits per heavy atom. The number of hydrogen-bond acceptors (Lipinski definition) is 5. The van der Waals surface area contributed by atoms with Crippen molar-refractivity contribution in [1.29, 1.82) is 0 Å². The lowest BCUT2D eigenvalue weighted by molar-refractivity contribution is -0.126. The number of amides is 2. The van der Waals surface area contributed by atoms with Crippen molar-refractivity contribution in [3.63, 3.8) is 0 Å². The molecule has 1 aromatic rings. The van der Waals surface area contributed by atoms with Crippen molar-refractivity contribution in [3.8, 4) is 0 Å². The smallest absolute Gasteiger partial charge is 0.292 e. The fourth-order valence-corrected chi connectivity index (χ4v) is 2.11. The molecule has 1 aliphatic heterocycles. The van der Waals surface area contributed by atoms with E-state index in [1.165, 1.54) is 11.3 Å². The van der Waals surface area contributed by atoms with Crippen molar-refractivity contribution in [1.82, 2.24) is 20.5 Å². The van der Waals surface area contributed by atoms with Gasteiger partial charge in [0.2, 0.25) is 11.7 Å². The fourth-order valence-electron chi connectivity index (χ4n) is 2.11. The molecule has 104 valence electrons. The van der Waals surface area contributed by atoms with Crippen LogP contribution in [0.3, 0.4) is 0 Å². The molecular weight excluding hydrogens is 248 g/mol. The average molecular weight is 266 g/mol. The van der Waals surface area contributed by atoms with E-state index in [-0.39, 0.29) is 17.6 Å². The van der Waals surface area contributed by atoms with Crippen LogP contribution in [0.2, 0.25) is 0 Å². The second-order valence-electron chi connectivity index (χ2n) is 4.38. The summed E-state index contributed by atoms with van der Waals surface area (Å²) in [5.74, 6) is -0.232. The van der Waals surface area contributed by atoms with Gasteiger partial charge in [0.25, 0.3) is 5.91 Å². The van der Waals surface area contributed by atoms with E-state index in [2.05, 4.69) is 15.6 Å². The number of aryl methyl sites for hydroxylation is 1. The van der Waals surface area contributed by atoms with Crippen LogP contribution < -0.4 is 10.6 Å². The zero-order chi connectivity index (χ0) is 13.8.